The van der Waals surface area contributed by atoms with Gasteiger partial charge in [0.05, 0.1) is 4.90 Å². The summed E-state index contributed by atoms with van der Waals surface area (Å²) < 4.78 is 40.7. The van der Waals surface area contributed by atoms with E-state index in [2.05, 4.69) is 5.32 Å². The SMILES string of the molecule is Cc1ccc(S(=O)(=O)N2CCC(C(=O)N3CCCC3C(=O)Nc3cccc(F)c3)CC2)cc1. The number of amides is 2. The van der Waals surface area contributed by atoms with E-state index in [1.165, 1.54) is 22.5 Å². The molecule has 2 heterocycles. The Morgan fingerprint density at radius 2 is 1.70 bits per heavy atom. The Bertz CT molecular complexity index is 1130. The fraction of sp³-hybridized carbons (Fsp3) is 0.417. The largest absolute Gasteiger partial charge is 0.330 e. The highest BCUT2D eigenvalue weighted by Crippen LogP contribution is 2.28. The molecule has 2 aliphatic rings. The first-order valence-electron chi connectivity index (χ1n) is 11.2. The van der Waals surface area contributed by atoms with E-state index in [1.807, 2.05) is 6.92 Å². The molecule has 1 N–H and O–H groups in total. The topological polar surface area (TPSA) is 86.8 Å². The number of hydrogen-bond acceptors (Lipinski definition) is 4. The smallest absolute Gasteiger partial charge is 0.247 e. The van der Waals surface area contributed by atoms with E-state index in [-0.39, 0.29) is 35.7 Å². The molecule has 176 valence electrons. The highest BCUT2D eigenvalue weighted by Gasteiger charge is 2.39. The Morgan fingerprint density at radius 3 is 2.36 bits per heavy atom. The van der Waals surface area contributed by atoms with Crippen LogP contribution in [0.2, 0.25) is 0 Å². The third kappa shape index (κ3) is 5.09. The molecule has 2 aliphatic heterocycles. The first-order chi connectivity index (χ1) is 15.8. The second-order valence-electron chi connectivity index (χ2n) is 8.68. The molecule has 2 fully saturated rings. The van der Waals surface area contributed by atoms with Crippen molar-refractivity contribution in [2.45, 2.75) is 43.5 Å². The van der Waals surface area contributed by atoms with Gasteiger partial charge in [-0.2, -0.15) is 4.31 Å². The molecule has 1 unspecified atom stereocenters. The second kappa shape index (κ2) is 9.61. The summed E-state index contributed by atoms with van der Waals surface area (Å²) in [6.45, 7) is 2.92. The van der Waals surface area contributed by atoms with Crippen molar-refractivity contribution in [3.8, 4) is 0 Å². The molecule has 0 aliphatic carbocycles. The van der Waals surface area contributed by atoms with E-state index in [1.54, 1.807) is 35.2 Å². The number of sulfonamides is 1. The van der Waals surface area contributed by atoms with Gasteiger partial charge in [-0.05, 0) is 62.9 Å². The van der Waals surface area contributed by atoms with Crippen LogP contribution < -0.4 is 5.32 Å². The Balaban J connectivity index is 1.37. The van der Waals surface area contributed by atoms with Gasteiger partial charge in [-0.15, -0.1) is 0 Å². The van der Waals surface area contributed by atoms with Gasteiger partial charge in [-0.25, -0.2) is 12.8 Å². The summed E-state index contributed by atoms with van der Waals surface area (Å²) in [6.07, 6.45) is 2.10. The number of rotatable bonds is 5. The molecule has 0 saturated carbocycles. The molecular formula is C24H28FN3O4S. The summed E-state index contributed by atoms with van der Waals surface area (Å²) >= 11 is 0. The first-order valence-corrected chi connectivity index (χ1v) is 12.6. The Hall–Kier alpha value is -2.78. The van der Waals surface area contributed by atoms with Crippen molar-refractivity contribution in [2.75, 3.05) is 25.0 Å². The maximum absolute atomic E-state index is 13.4. The van der Waals surface area contributed by atoms with Crippen molar-refractivity contribution in [1.29, 1.82) is 0 Å². The number of anilines is 1. The summed E-state index contributed by atoms with van der Waals surface area (Å²) in [6, 6.07) is 11.8. The van der Waals surface area contributed by atoms with Gasteiger partial charge in [0.15, 0.2) is 0 Å². The molecule has 2 aromatic rings. The van der Waals surface area contributed by atoms with Crippen LogP contribution in [-0.4, -0.2) is 55.1 Å². The number of carbonyl (C=O) groups excluding carboxylic acids is 2. The number of aryl methyl sites for hydroxylation is 1. The van der Waals surface area contributed by atoms with Crippen LogP contribution in [0.3, 0.4) is 0 Å². The maximum Gasteiger partial charge on any atom is 0.247 e. The van der Waals surface area contributed by atoms with E-state index >= 15 is 0 Å². The summed E-state index contributed by atoms with van der Waals surface area (Å²) in [4.78, 5) is 27.8. The van der Waals surface area contributed by atoms with Crippen molar-refractivity contribution in [2.24, 2.45) is 5.92 Å². The number of hydrogen-bond donors (Lipinski definition) is 1. The monoisotopic (exact) mass is 473 g/mol. The van der Waals surface area contributed by atoms with Crippen molar-refractivity contribution < 1.29 is 22.4 Å². The lowest BCUT2D eigenvalue weighted by atomic mass is 9.96. The zero-order valence-electron chi connectivity index (χ0n) is 18.5. The maximum atomic E-state index is 13.4. The van der Waals surface area contributed by atoms with Crippen LogP contribution in [0.5, 0.6) is 0 Å². The molecular weight excluding hydrogens is 445 g/mol. The van der Waals surface area contributed by atoms with Gasteiger partial charge >= 0.3 is 0 Å². The summed E-state index contributed by atoms with van der Waals surface area (Å²) in [5.74, 6) is -1.21. The van der Waals surface area contributed by atoms with Gasteiger partial charge in [0.25, 0.3) is 0 Å². The number of nitrogens with one attached hydrogen (secondary N) is 1. The molecule has 2 aromatic carbocycles. The molecule has 0 spiro atoms. The fourth-order valence-corrected chi connectivity index (χ4v) is 6.00. The summed E-state index contributed by atoms with van der Waals surface area (Å²) in [5, 5.41) is 2.70. The molecule has 4 rings (SSSR count). The van der Waals surface area contributed by atoms with Gasteiger partial charge in [-0.3, -0.25) is 9.59 Å². The van der Waals surface area contributed by atoms with Crippen molar-refractivity contribution in [3.05, 3.63) is 59.9 Å². The van der Waals surface area contributed by atoms with E-state index in [4.69, 9.17) is 0 Å². The molecule has 0 aromatic heterocycles. The number of likely N-dealkylation sites (tertiary alicyclic amines) is 1. The molecule has 2 saturated heterocycles. The van der Waals surface area contributed by atoms with Gasteiger partial charge in [0, 0.05) is 31.2 Å². The minimum absolute atomic E-state index is 0.112. The zero-order chi connectivity index (χ0) is 23.6. The standard InChI is InChI=1S/C24H28FN3O4S/c1-17-7-9-21(10-8-17)33(31,32)27-14-11-18(12-15-27)24(30)28-13-3-6-22(28)23(29)26-20-5-2-4-19(25)16-20/h2,4-5,7-10,16,18,22H,3,6,11-15H2,1H3,(H,26,29). The Labute approximate surface area is 193 Å². The average Bonchev–Trinajstić information content (AvgIpc) is 3.29. The lowest BCUT2D eigenvalue weighted by molar-refractivity contribution is -0.141. The third-order valence-corrected chi connectivity index (χ3v) is 8.31. The number of nitrogens with zero attached hydrogens (tertiary/aromatic N) is 2. The summed E-state index contributed by atoms with van der Waals surface area (Å²) in [7, 11) is -3.60. The predicted molar refractivity (Wildman–Crippen MR) is 122 cm³/mol. The van der Waals surface area contributed by atoms with Crippen LogP contribution in [0.25, 0.3) is 0 Å². The first kappa shape index (κ1) is 23.4. The minimum Gasteiger partial charge on any atom is -0.330 e. The quantitative estimate of drug-likeness (QED) is 0.723. The van der Waals surface area contributed by atoms with Gasteiger partial charge in [0.1, 0.15) is 11.9 Å². The van der Waals surface area contributed by atoms with E-state index in [0.717, 1.165) is 5.56 Å². The van der Waals surface area contributed by atoms with Crippen LogP contribution in [0.15, 0.2) is 53.4 Å². The number of halogens is 1. The highest BCUT2D eigenvalue weighted by molar-refractivity contribution is 7.89. The van der Waals surface area contributed by atoms with Crippen LogP contribution in [0.4, 0.5) is 10.1 Å². The van der Waals surface area contributed by atoms with E-state index in [0.29, 0.717) is 37.9 Å². The number of carbonyl (C=O) groups is 2. The number of benzene rings is 2. The highest BCUT2D eigenvalue weighted by atomic mass is 32.2. The zero-order valence-corrected chi connectivity index (χ0v) is 19.4. The van der Waals surface area contributed by atoms with Gasteiger partial charge in [-0.1, -0.05) is 23.8 Å². The van der Waals surface area contributed by atoms with Crippen LogP contribution >= 0.6 is 0 Å². The average molecular weight is 474 g/mol. The second-order valence-corrected chi connectivity index (χ2v) is 10.6. The van der Waals surface area contributed by atoms with Gasteiger partial charge < -0.3 is 10.2 Å². The summed E-state index contributed by atoms with van der Waals surface area (Å²) in [5.41, 5.74) is 1.34. The predicted octanol–water partition coefficient (Wildman–Crippen LogP) is 3.16. The van der Waals surface area contributed by atoms with Crippen molar-refractivity contribution >= 4 is 27.5 Å². The number of piperidine rings is 1. The Morgan fingerprint density at radius 1 is 1.00 bits per heavy atom. The lowest BCUT2D eigenvalue weighted by Crippen LogP contribution is -2.48. The van der Waals surface area contributed by atoms with Crippen molar-refractivity contribution in [3.63, 3.8) is 0 Å². The van der Waals surface area contributed by atoms with Gasteiger partial charge in [0.2, 0.25) is 21.8 Å². The van der Waals surface area contributed by atoms with Crippen LogP contribution in [0.1, 0.15) is 31.2 Å². The van der Waals surface area contributed by atoms with Crippen LogP contribution in [-0.2, 0) is 19.6 Å². The molecule has 9 heteroatoms. The fourth-order valence-electron chi connectivity index (χ4n) is 4.53. The lowest BCUT2D eigenvalue weighted by Gasteiger charge is -2.34. The molecule has 2 amide bonds. The van der Waals surface area contributed by atoms with Crippen molar-refractivity contribution in [1.82, 2.24) is 9.21 Å². The van der Waals surface area contributed by atoms with Crippen LogP contribution in [0, 0.1) is 18.7 Å². The molecule has 0 radical (unpaired) electrons. The van der Waals surface area contributed by atoms with E-state index in [9.17, 15) is 22.4 Å². The third-order valence-electron chi connectivity index (χ3n) is 6.39. The molecule has 1 atom stereocenters. The normalized spacial score (nSPS) is 20.1. The minimum atomic E-state index is -3.60. The molecule has 33 heavy (non-hydrogen) atoms. The molecule has 7 nitrogen and oxygen atoms in total. The van der Waals surface area contributed by atoms with E-state index < -0.39 is 21.9 Å². The molecule has 0 bridgehead atoms. The Kier molecular flexibility index (Phi) is 6.81.